The third-order valence-electron chi connectivity index (χ3n) is 3.99. The van der Waals surface area contributed by atoms with Crippen LogP contribution in [0.2, 0.25) is 0 Å². The fourth-order valence-corrected chi connectivity index (χ4v) is 2.60. The quantitative estimate of drug-likeness (QED) is 0.910. The Morgan fingerprint density at radius 2 is 2.11 bits per heavy atom. The van der Waals surface area contributed by atoms with Gasteiger partial charge in [-0.1, -0.05) is 6.07 Å². The zero-order valence-corrected chi connectivity index (χ0v) is 11.6. The number of hydrogen-bond acceptors (Lipinski definition) is 3. The van der Waals surface area contributed by atoms with Crippen LogP contribution in [0, 0.1) is 11.7 Å². The van der Waals surface area contributed by atoms with E-state index in [-0.39, 0.29) is 11.8 Å². The van der Waals surface area contributed by atoms with E-state index in [4.69, 9.17) is 4.74 Å². The van der Waals surface area contributed by atoms with Gasteiger partial charge < -0.3 is 9.84 Å². The van der Waals surface area contributed by atoms with Gasteiger partial charge in [0.15, 0.2) is 0 Å². The zero-order chi connectivity index (χ0) is 13.8. The van der Waals surface area contributed by atoms with Gasteiger partial charge in [-0.25, -0.2) is 4.39 Å². The lowest BCUT2D eigenvalue weighted by Crippen LogP contribution is -2.31. The van der Waals surface area contributed by atoms with Crippen LogP contribution in [-0.2, 0) is 4.74 Å². The summed E-state index contributed by atoms with van der Waals surface area (Å²) >= 11 is 0. The number of halogens is 1. The normalized spacial score (nSPS) is 18.7. The van der Waals surface area contributed by atoms with Gasteiger partial charge in [-0.3, -0.25) is 4.90 Å². The van der Waals surface area contributed by atoms with Gasteiger partial charge in [0.2, 0.25) is 0 Å². The average molecular weight is 267 g/mol. The average Bonchev–Trinajstić information content (AvgIpc) is 2.39. The van der Waals surface area contributed by atoms with E-state index in [0.29, 0.717) is 5.92 Å². The topological polar surface area (TPSA) is 32.7 Å². The maximum atomic E-state index is 13.0. The molecule has 0 amide bonds. The van der Waals surface area contributed by atoms with Gasteiger partial charge in [0.25, 0.3) is 0 Å². The van der Waals surface area contributed by atoms with Gasteiger partial charge in [-0.05, 0) is 38.8 Å². The molecule has 1 saturated heterocycles. The molecule has 0 aromatic heterocycles. The first-order valence-corrected chi connectivity index (χ1v) is 6.84. The van der Waals surface area contributed by atoms with Crippen molar-refractivity contribution in [3.63, 3.8) is 0 Å². The van der Waals surface area contributed by atoms with Crippen molar-refractivity contribution in [1.29, 1.82) is 0 Å². The van der Waals surface area contributed by atoms with Gasteiger partial charge in [0.1, 0.15) is 11.6 Å². The fourth-order valence-electron chi connectivity index (χ4n) is 2.60. The van der Waals surface area contributed by atoms with E-state index in [2.05, 4.69) is 4.90 Å². The minimum Gasteiger partial charge on any atom is -0.508 e. The largest absolute Gasteiger partial charge is 0.508 e. The molecule has 1 N–H and O–H groups in total. The second kappa shape index (κ2) is 6.35. The smallest absolute Gasteiger partial charge is 0.126 e. The van der Waals surface area contributed by atoms with Crippen LogP contribution in [0.5, 0.6) is 5.75 Å². The third-order valence-corrected chi connectivity index (χ3v) is 3.99. The molecule has 2 rings (SSSR count). The predicted molar refractivity (Wildman–Crippen MR) is 72.7 cm³/mol. The molecule has 1 fully saturated rings. The van der Waals surface area contributed by atoms with Crippen LogP contribution >= 0.6 is 0 Å². The van der Waals surface area contributed by atoms with Gasteiger partial charge in [0, 0.05) is 37.4 Å². The first-order valence-electron chi connectivity index (χ1n) is 6.84. The molecule has 1 unspecified atom stereocenters. The number of aromatic hydroxyl groups is 1. The summed E-state index contributed by atoms with van der Waals surface area (Å²) in [5.74, 6) is 0.274. The Morgan fingerprint density at radius 3 is 2.74 bits per heavy atom. The molecule has 1 aliphatic rings. The van der Waals surface area contributed by atoms with Crippen LogP contribution in [0.4, 0.5) is 4.39 Å². The van der Waals surface area contributed by atoms with Gasteiger partial charge in [0.05, 0.1) is 0 Å². The lowest BCUT2D eigenvalue weighted by Gasteiger charge is -2.31. The molecule has 1 heterocycles. The highest BCUT2D eigenvalue weighted by Crippen LogP contribution is 2.29. The van der Waals surface area contributed by atoms with Crippen molar-refractivity contribution in [2.24, 2.45) is 5.92 Å². The summed E-state index contributed by atoms with van der Waals surface area (Å²) in [4.78, 5) is 2.21. The molecule has 0 bridgehead atoms. The van der Waals surface area contributed by atoms with Crippen molar-refractivity contribution in [2.45, 2.75) is 25.8 Å². The number of ether oxygens (including phenoxy) is 1. The Kier molecular flexibility index (Phi) is 4.77. The summed E-state index contributed by atoms with van der Waals surface area (Å²) in [6.07, 6.45) is 2.18. The monoisotopic (exact) mass is 267 g/mol. The summed E-state index contributed by atoms with van der Waals surface area (Å²) in [6.45, 7) is 4.69. The van der Waals surface area contributed by atoms with Crippen LogP contribution in [-0.4, -0.2) is 36.8 Å². The molecule has 4 heteroatoms. The number of benzene rings is 1. The van der Waals surface area contributed by atoms with E-state index >= 15 is 0 Å². The van der Waals surface area contributed by atoms with Crippen LogP contribution in [0.3, 0.4) is 0 Å². The molecular weight excluding hydrogens is 245 g/mol. The van der Waals surface area contributed by atoms with E-state index < -0.39 is 5.82 Å². The fraction of sp³-hybridized carbons (Fsp3) is 0.600. The number of phenolic OH excluding ortho intramolecular Hbond substituents is 1. The molecule has 0 spiro atoms. The molecule has 19 heavy (non-hydrogen) atoms. The van der Waals surface area contributed by atoms with Gasteiger partial charge in [-0.15, -0.1) is 0 Å². The van der Waals surface area contributed by atoms with E-state index in [9.17, 15) is 9.50 Å². The maximum absolute atomic E-state index is 13.0. The molecule has 1 aliphatic heterocycles. The van der Waals surface area contributed by atoms with Crippen molar-refractivity contribution in [1.82, 2.24) is 4.90 Å². The first-order chi connectivity index (χ1) is 9.08. The van der Waals surface area contributed by atoms with Crippen molar-refractivity contribution in [3.05, 3.63) is 29.6 Å². The summed E-state index contributed by atoms with van der Waals surface area (Å²) in [5, 5.41) is 9.83. The number of hydrogen-bond donors (Lipinski definition) is 1. The van der Waals surface area contributed by atoms with Crippen LogP contribution < -0.4 is 0 Å². The third kappa shape index (κ3) is 3.67. The Balaban J connectivity index is 1.99. The Hall–Kier alpha value is -1.13. The molecule has 1 aromatic rings. The van der Waals surface area contributed by atoms with E-state index in [1.165, 1.54) is 12.1 Å². The standard InChI is InChI=1S/C15H22FNO2/c1-11(14-4-3-13(16)9-15(14)18)17(2)10-12-5-7-19-8-6-12/h3-4,9,11-12,18H,5-8,10H2,1-2H3. The van der Waals surface area contributed by atoms with Crippen molar-refractivity contribution >= 4 is 0 Å². The van der Waals surface area contributed by atoms with E-state index in [1.54, 1.807) is 6.07 Å². The second-order valence-corrected chi connectivity index (χ2v) is 5.37. The molecule has 106 valence electrons. The van der Waals surface area contributed by atoms with Crippen molar-refractivity contribution in [3.8, 4) is 5.75 Å². The van der Waals surface area contributed by atoms with Crippen LogP contribution in [0.15, 0.2) is 18.2 Å². The number of phenols is 1. The molecule has 0 saturated carbocycles. The lowest BCUT2D eigenvalue weighted by molar-refractivity contribution is 0.0511. The van der Waals surface area contributed by atoms with Crippen LogP contribution in [0.25, 0.3) is 0 Å². The number of nitrogens with zero attached hydrogens (tertiary/aromatic N) is 1. The van der Waals surface area contributed by atoms with Gasteiger partial charge in [-0.2, -0.15) is 0 Å². The first kappa shape index (κ1) is 14.3. The molecular formula is C15H22FNO2. The highest BCUT2D eigenvalue weighted by atomic mass is 19.1. The summed E-state index contributed by atoms with van der Waals surface area (Å²) in [7, 11) is 2.04. The molecule has 0 aliphatic carbocycles. The Labute approximate surface area is 114 Å². The van der Waals surface area contributed by atoms with E-state index in [0.717, 1.165) is 38.2 Å². The minimum atomic E-state index is -0.402. The number of rotatable bonds is 4. The highest BCUT2D eigenvalue weighted by Gasteiger charge is 2.21. The van der Waals surface area contributed by atoms with Gasteiger partial charge >= 0.3 is 0 Å². The molecule has 0 radical (unpaired) electrons. The highest BCUT2D eigenvalue weighted by molar-refractivity contribution is 5.34. The lowest BCUT2D eigenvalue weighted by atomic mass is 9.98. The van der Waals surface area contributed by atoms with Crippen molar-refractivity contribution in [2.75, 3.05) is 26.8 Å². The molecule has 1 atom stereocenters. The molecule has 1 aromatic carbocycles. The Bertz CT molecular complexity index is 419. The second-order valence-electron chi connectivity index (χ2n) is 5.37. The maximum Gasteiger partial charge on any atom is 0.126 e. The summed E-state index contributed by atoms with van der Waals surface area (Å²) in [5.41, 5.74) is 0.774. The molecule has 3 nitrogen and oxygen atoms in total. The summed E-state index contributed by atoms with van der Waals surface area (Å²) in [6, 6.07) is 4.31. The summed E-state index contributed by atoms with van der Waals surface area (Å²) < 4.78 is 18.4. The van der Waals surface area contributed by atoms with E-state index in [1.807, 2.05) is 14.0 Å². The van der Waals surface area contributed by atoms with Crippen LogP contribution in [0.1, 0.15) is 31.4 Å². The Morgan fingerprint density at radius 1 is 1.42 bits per heavy atom. The SMILES string of the molecule is CC(c1ccc(F)cc1O)N(C)CC1CCOCC1. The van der Waals surface area contributed by atoms with Crippen molar-refractivity contribution < 1.29 is 14.2 Å². The minimum absolute atomic E-state index is 0.0336. The predicted octanol–water partition coefficient (Wildman–Crippen LogP) is 2.95. The zero-order valence-electron chi connectivity index (χ0n) is 11.6.